The fourth-order valence-electron chi connectivity index (χ4n) is 3.75. The van der Waals surface area contributed by atoms with Gasteiger partial charge in [0.1, 0.15) is 0 Å². The van der Waals surface area contributed by atoms with Gasteiger partial charge in [-0.15, -0.1) is 0 Å². The van der Waals surface area contributed by atoms with Gasteiger partial charge in [0.15, 0.2) is 0 Å². The van der Waals surface area contributed by atoms with Crippen molar-refractivity contribution in [1.82, 2.24) is 15.3 Å². The first-order valence-electron chi connectivity index (χ1n) is 8.65. The molecule has 21 heavy (non-hydrogen) atoms. The molecule has 120 valence electrons. The van der Waals surface area contributed by atoms with E-state index in [4.69, 9.17) is 0 Å². The zero-order chi connectivity index (χ0) is 15.2. The van der Waals surface area contributed by atoms with Crippen LogP contribution in [0, 0.1) is 5.92 Å². The lowest BCUT2D eigenvalue weighted by molar-refractivity contribution is 0.168. The van der Waals surface area contributed by atoms with E-state index in [2.05, 4.69) is 55.6 Å². The molecule has 1 heterocycles. The van der Waals surface area contributed by atoms with Gasteiger partial charge in [-0.05, 0) is 58.2 Å². The van der Waals surface area contributed by atoms with Crippen LogP contribution in [-0.4, -0.2) is 43.1 Å². The Morgan fingerprint density at radius 3 is 2.43 bits per heavy atom. The third-order valence-electron chi connectivity index (χ3n) is 5.22. The Hall–Kier alpha value is -0.800. The van der Waals surface area contributed by atoms with Gasteiger partial charge in [-0.1, -0.05) is 30.9 Å². The molecule has 3 nitrogen and oxygen atoms in total. The van der Waals surface area contributed by atoms with Gasteiger partial charge in [0, 0.05) is 25.8 Å². The van der Waals surface area contributed by atoms with Crippen molar-refractivity contribution in [2.45, 2.75) is 58.4 Å². The maximum Gasteiger partial charge on any atom is 0.0448 e. The van der Waals surface area contributed by atoms with Crippen LogP contribution in [0.4, 0.5) is 0 Å². The van der Waals surface area contributed by atoms with E-state index >= 15 is 0 Å². The Morgan fingerprint density at radius 2 is 1.90 bits per heavy atom. The molecule has 1 atom stereocenters. The van der Waals surface area contributed by atoms with E-state index in [1.54, 1.807) is 0 Å². The first-order valence-corrected chi connectivity index (χ1v) is 8.65. The number of hydrogen-bond donors (Lipinski definition) is 1. The van der Waals surface area contributed by atoms with Gasteiger partial charge in [-0.2, -0.15) is 0 Å². The highest BCUT2D eigenvalue weighted by Crippen LogP contribution is 2.30. The van der Waals surface area contributed by atoms with Crippen molar-refractivity contribution in [3.8, 4) is 0 Å². The number of hydrazine groups is 1. The summed E-state index contributed by atoms with van der Waals surface area (Å²) in [5, 5.41) is 2.39. The SMILES string of the molecule is C/C=C(C)/C(=C\N(NC)C1CCCCC1)C1CCN(C)C1. The van der Waals surface area contributed by atoms with Crippen molar-refractivity contribution in [2.24, 2.45) is 5.92 Å². The predicted octanol–water partition coefficient (Wildman–Crippen LogP) is 3.56. The third-order valence-corrected chi connectivity index (χ3v) is 5.22. The van der Waals surface area contributed by atoms with Gasteiger partial charge in [0.25, 0.3) is 0 Å². The summed E-state index contributed by atoms with van der Waals surface area (Å²) in [6, 6.07) is 0.669. The lowest BCUT2D eigenvalue weighted by Gasteiger charge is -2.34. The molecule has 0 spiro atoms. The number of nitrogens with zero attached hydrogens (tertiary/aromatic N) is 2. The maximum absolute atomic E-state index is 3.43. The minimum atomic E-state index is 0.669. The largest absolute Gasteiger partial charge is 0.313 e. The van der Waals surface area contributed by atoms with Crippen molar-refractivity contribution < 1.29 is 0 Å². The Balaban J connectivity index is 2.16. The van der Waals surface area contributed by atoms with Gasteiger partial charge in [-0.3, -0.25) is 0 Å². The van der Waals surface area contributed by atoms with Crippen LogP contribution < -0.4 is 5.43 Å². The fraction of sp³-hybridized carbons (Fsp3) is 0.778. The Morgan fingerprint density at radius 1 is 1.19 bits per heavy atom. The molecule has 1 saturated carbocycles. The number of likely N-dealkylation sites (tertiary alicyclic amines) is 1. The minimum Gasteiger partial charge on any atom is -0.313 e. The van der Waals surface area contributed by atoms with Gasteiger partial charge in [0.2, 0.25) is 0 Å². The molecule has 1 unspecified atom stereocenters. The lowest BCUT2D eigenvalue weighted by Crippen LogP contribution is -2.41. The van der Waals surface area contributed by atoms with E-state index in [0.29, 0.717) is 12.0 Å². The smallest absolute Gasteiger partial charge is 0.0448 e. The van der Waals surface area contributed by atoms with Gasteiger partial charge < -0.3 is 9.91 Å². The van der Waals surface area contributed by atoms with E-state index in [-0.39, 0.29) is 0 Å². The summed E-state index contributed by atoms with van der Waals surface area (Å²) in [6.45, 7) is 6.84. The molecule has 2 rings (SSSR count). The standard InChI is InChI=1S/C18H33N3/c1-5-15(2)18(16-11-12-20(4)13-16)14-21(19-3)17-9-7-6-8-10-17/h5,14,16-17,19H,6-13H2,1-4H3/b15-5+,18-14+. The summed E-state index contributed by atoms with van der Waals surface area (Å²) >= 11 is 0. The molecule has 2 aliphatic rings. The lowest BCUT2D eigenvalue weighted by atomic mass is 9.91. The summed E-state index contributed by atoms with van der Waals surface area (Å²) in [4.78, 5) is 2.45. The van der Waals surface area contributed by atoms with Gasteiger partial charge >= 0.3 is 0 Å². The second kappa shape index (κ2) is 8.00. The van der Waals surface area contributed by atoms with E-state index in [1.807, 2.05) is 0 Å². The second-order valence-electron chi connectivity index (χ2n) is 6.73. The first-order chi connectivity index (χ1) is 10.2. The van der Waals surface area contributed by atoms with Crippen LogP contribution in [-0.2, 0) is 0 Å². The monoisotopic (exact) mass is 291 g/mol. The van der Waals surface area contributed by atoms with Crippen molar-refractivity contribution in [3.05, 3.63) is 23.4 Å². The maximum atomic E-state index is 3.43. The topological polar surface area (TPSA) is 18.5 Å². The molecule has 0 radical (unpaired) electrons. The minimum absolute atomic E-state index is 0.669. The average molecular weight is 291 g/mol. The van der Waals surface area contributed by atoms with E-state index in [0.717, 1.165) is 0 Å². The zero-order valence-electron chi connectivity index (χ0n) is 14.4. The van der Waals surface area contributed by atoms with Crippen LogP contribution in [0.25, 0.3) is 0 Å². The van der Waals surface area contributed by atoms with Crippen molar-refractivity contribution >= 4 is 0 Å². The molecule has 1 aliphatic carbocycles. The average Bonchev–Trinajstić information content (AvgIpc) is 2.95. The molecule has 2 fully saturated rings. The van der Waals surface area contributed by atoms with Crippen molar-refractivity contribution in [1.29, 1.82) is 0 Å². The molecule has 0 amide bonds. The normalized spacial score (nSPS) is 26.4. The predicted molar refractivity (Wildman–Crippen MR) is 90.9 cm³/mol. The van der Waals surface area contributed by atoms with E-state index in [1.165, 1.54) is 62.8 Å². The highest BCUT2D eigenvalue weighted by molar-refractivity contribution is 5.31. The van der Waals surface area contributed by atoms with Crippen LogP contribution in [0.1, 0.15) is 52.4 Å². The molecule has 1 saturated heterocycles. The summed E-state index contributed by atoms with van der Waals surface area (Å²) < 4.78 is 0. The highest BCUT2D eigenvalue weighted by atomic mass is 15.5. The Bertz CT molecular complexity index is 380. The number of rotatable bonds is 5. The summed E-state index contributed by atoms with van der Waals surface area (Å²) in [6.07, 6.45) is 12.8. The van der Waals surface area contributed by atoms with E-state index < -0.39 is 0 Å². The summed E-state index contributed by atoms with van der Waals surface area (Å²) in [7, 11) is 4.30. The van der Waals surface area contributed by atoms with E-state index in [9.17, 15) is 0 Å². The van der Waals surface area contributed by atoms with Crippen molar-refractivity contribution in [2.75, 3.05) is 27.2 Å². The Labute approximate surface area is 131 Å². The highest BCUT2D eigenvalue weighted by Gasteiger charge is 2.26. The molecule has 0 aromatic rings. The van der Waals surface area contributed by atoms with Crippen LogP contribution in [0.15, 0.2) is 23.4 Å². The van der Waals surface area contributed by atoms with Crippen LogP contribution in [0.5, 0.6) is 0 Å². The Kier molecular flexibility index (Phi) is 6.31. The number of nitrogens with one attached hydrogen (secondary N) is 1. The summed E-state index contributed by atoms with van der Waals surface area (Å²) in [5.41, 5.74) is 6.40. The molecule has 3 heteroatoms. The van der Waals surface area contributed by atoms with Gasteiger partial charge in [0.05, 0.1) is 0 Å². The molecule has 0 aromatic carbocycles. The summed E-state index contributed by atoms with van der Waals surface area (Å²) in [5.74, 6) is 0.686. The molecule has 0 aromatic heterocycles. The van der Waals surface area contributed by atoms with Crippen LogP contribution in [0.2, 0.25) is 0 Å². The number of hydrogen-bond acceptors (Lipinski definition) is 3. The van der Waals surface area contributed by atoms with Gasteiger partial charge in [-0.25, -0.2) is 5.43 Å². The van der Waals surface area contributed by atoms with Crippen LogP contribution in [0.3, 0.4) is 0 Å². The molecular weight excluding hydrogens is 258 g/mol. The molecule has 1 aliphatic heterocycles. The molecule has 1 N–H and O–H groups in total. The number of allylic oxidation sites excluding steroid dienone is 2. The quantitative estimate of drug-likeness (QED) is 0.617. The van der Waals surface area contributed by atoms with Crippen molar-refractivity contribution in [3.63, 3.8) is 0 Å². The fourth-order valence-corrected chi connectivity index (χ4v) is 3.75. The molecule has 0 bridgehead atoms. The third kappa shape index (κ3) is 4.33. The zero-order valence-corrected chi connectivity index (χ0v) is 14.4. The first kappa shape index (κ1) is 16.6. The molecular formula is C18H33N3. The second-order valence-corrected chi connectivity index (χ2v) is 6.73. The van der Waals surface area contributed by atoms with Crippen LogP contribution >= 0.6 is 0 Å².